The van der Waals surface area contributed by atoms with E-state index in [0.717, 1.165) is 0 Å². The van der Waals surface area contributed by atoms with Crippen LogP contribution < -0.4 is 0 Å². The smallest absolute Gasteiger partial charge is 0.0640 e. The molecule has 1 rings (SSSR count). The Kier molecular flexibility index (Phi) is 4.45. The number of hydrogen-bond donors (Lipinski definition) is 0. The van der Waals surface area contributed by atoms with E-state index in [9.17, 15) is 0 Å². The lowest BCUT2D eigenvalue weighted by atomic mass is 9.91. The van der Waals surface area contributed by atoms with E-state index in [1.165, 1.54) is 31.2 Å². The predicted octanol–water partition coefficient (Wildman–Crippen LogP) is 4.21. The van der Waals surface area contributed by atoms with Gasteiger partial charge in [-0.15, -0.1) is 0 Å². The minimum Gasteiger partial charge on any atom is -0.0640 e. The lowest BCUT2D eigenvalue weighted by Gasteiger charge is -2.07. The van der Waals surface area contributed by atoms with Crippen molar-refractivity contribution in [3.63, 3.8) is 0 Å². The van der Waals surface area contributed by atoms with Gasteiger partial charge in [-0.25, -0.2) is 0 Å². The highest BCUT2D eigenvalue weighted by Gasteiger charge is 2.15. The van der Waals surface area contributed by atoms with Crippen molar-refractivity contribution < 1.29 is 0 Å². The number of benzene rings is 1. The summed E-state index contributed by atoms with van der Waals surface area (Å²) in [6.07, 6.45) is 5.00. The first-order valence-electron chi connectivity index (χ1n) is 5.28. The Morgan fingerprint density at radius 3 is 1.92 bits per heavy atom. The molecule has 0 spiro atoms. The fraction of sp³-hybridized carbons (Fsp3) is 0.462. The molecule has 0 aliphatic carbocycles. The highest BCUT2D eigenvalue weighted by molar-refractivity contribution is 5.29. The maximum absolute atomic E-state index is 2.25. The van der Waals surface area contributed by atoms with Crippen molar-refractivity contribution in [2.24, 2.45) is 0 Å². The lowest BCUT2D eigenvalue weighted by Crippen LogP contribution is -1.98. The molecule has 1 aromatic rings. The van der Waals surface area contributed by atoms with E-state index in [4.69, 9.17) is 0 Å². The third kappa shape index (κ3) is 3.14. The van der Waals surface area contributed by atoms with Gasteiger partial charge in [0.15, 0.2) is 0 Å². The van der Waals surface area contributed by atoms with Crippen LogP contribution in [0.4, 0.5) is 0 Å². The molecule has 0 N–H and O–H groups in total. The van der Waals surface area contributed by atoms with Gasteiger partial charge in [-0.05, 0) is 31.0 Å². The molecule has 13 heavy (non-hydrogen) atoms. The Morgan fingerprint density at radius 2 is 1.46 bits per heavy atom. The average molecular weight is 175 g/mol. The summed E-state index contributed by atoms with van der Waals surface area (Å²) in [7, 11) is 0. The minimum atomic E-state index is 1.25. The van der Waals surface area contributed by atoms with Gasteiger partial charge in [0.2, 0.25) is 0 Å². The van der Waals surface area contributed by atoms with Gasteiger partial charge in [0.05, 0.1) is 0 Å². The molecular weight excluding hydrogens is 156 g/mol. The Bertz CT molecular complexity index is 207. The fourth-order valence-electron chi connectivity index (χ4n) is 1.69. The molecule has 0 heterocycles. The molecule has 1 aromatic carbocycles. The normalized spacial score (nSPS) is 10.0. The number of hydrogen-bond acceptors (Lipinski definition) is 0. The average Bonchev–Trinajstić information content (AvgIpc) is 2.19. The van der Waals surface area contributed by atoms with Crippen molar-refractivity contribution in [2.45, 2.75) is 39.5 Å². The second kappa shape index (κ2) is 5.69. The molecule has 0 unspecified atom stereocenters. The molecule has 0 bridgehead atoms. The summed E-state index contributed by atoms with van der Waals surface area (Å²) in [5.74, 6) is 1.62. The van der Waals surface area contributed by atoms with Crippen molar-refractivity contribution in [1.29, 1.82) is 0 Å². The summed E-state index contributed by atoms with van der Waals surface area (Å²) in [5.41, 5.74) is 1.44. The molecule has 0 aliphatic heterocycles. The standard InChI is InChI=1S/C13H19/c1-3-8-12(9-4-2)13-10-6-5-7-11-13/h5-7,10-11H,3-4,8-9H2,1-2H3/q+1. The van der Waals surface area contributed by atoms with E-state index in [1.807, 2.05) is 0 Å². The van der Waals surface area contributed by atoms with E-state index in [1.54, 1.807) is 5.92 Å². The van der Waals surface area contributed by atoms with Crippen LogP contribution >= 0.6 is 0 Å². The second-order valence-corrected chi connectivity index (χ2v) is 3.47. The van der Waals surface area contributed by atoms with Crippen LogP contribution in [0.5, 0.6) is 0 Å². The van der Waals surface area contributed by atoms with E-state index in [2.05, 4.69) is 44.2 Å². The third-order valence-electron chi connectivity index (χ3n) is 2.29. The molecule has 0 heteroatoms. The van der Waals surface area contributed by atoms with Crippen molar-refractivity contribution >= 4 is 0 Å². The van der Waals surface area contributed by atoms with Crippen LogP contribution in [0, 0.1) is 5.92 Å². The molecule has 70 valence electrons. The van der Waals surface area contributed by atoms with Gasteiger partial charge in [0, 0.05) is 30.9 Å². The molecule has 0 fully saturated rings. The summed E-state index contributed by atoms with van der Waals surface area (Å²) in [6.45, 7) is 4.50. The van der Waals surface area contributed by atoms with Crippen molar-refractivity contribution in [1.82, 2.24) is 0 Å². The summed E-state index contributed by atoms with van der Waals surface area (Å²) in [6, 6.07) is 10.8. The van der Waals surface area contributed by atoms with Crippen LogP contribution in [0.2, 0.25) is 0 Å². The quantitative estimate of drug-likeness (QED) is 0.588. The maximum Gasteiger partial charge on any atom is 0.132 e. The minimum absolute atomic E-state index is 1.25. The van der Waals surface area contributed by atoms with Gasteiger partial charge in [0.25, 0.3) is 0 Å². The van der Waals surface area contributed by atoms with Crippen LogP contribution in [0.15, 0.2) is 30.3 Å². The first-order chi connectivity index (χ1) is 6.38. The maximum atomic E-state index is 2.25. The summed E-state index contributed by atoms with van der Waals surface area (Å²) in [5, 5.41) is 0. The largest absolute Gasteiger partial charge is 0.132 e. The van der Waals surface area contributed by atoms with Crippen molar-refractivity contribution in [3.05, 3.63) is 41.8 Å². The lowest BCUT2D eigenvalue weighted by molar-refractivity contribution is 0.721. The Labute approximate surface area is 82.0 Å². The highest BCUT2D eigenvalue weighted by atomic mass is 14.1. The van der Waals surface area contributed by atoms with E-state index in [0.29, 0.717) is 0 Å². The zero-order valence-corrected chi connectivity index (χ0v) is 8.72. The molecule has 0 atom stereocenters. The Morgan fingerprint density at radius 1 is 0.923 bits per heavy atom. The summed E-state index contributed by atoms with van der Waals surface area (Å²) < 4.78 is 0. The highest BCUT2D eigenvalue weighted by Crippen LogP contribution is 2.24. The molecule has 0 aliphatic rings. The van der Waals surface area contributed by atoms with Crippen molar-refractivity contribution in [3.8, 4) is 0 Å². The third-order valence-corrected chi connectivity index (χ3v) is 2.29. The summed E-state index contributed by atoms with van der Waals surface area (Å²) in [4.78, 5) is 0. The predicted molar refractivity (Wildman–Crippen MR) is 58.6 cm³/mol. The van der Waals surface area contributed by atoms with Gasteiger partial charge in [-0.2, -0.15) is 0 Å². The van der Waals surface area contributed by atoms with Crippen molar-refractivity contribution in [2.75, 3.05) is 0 Å². The second-order valence-electron chi connectivity index (χ2n) is 3.47. The Hall–Kier alpha value is -0.910. The number of rotatable bonds is 5. The molecule has 0 amide bonds. The van der Waals surface area contributed by atoms with E-state index < -0.39 is 0 Å². The van der Waals surface area contributed by atoms with E-state index >= 15 is 0 Å². The van der Waals surface area contributed by atoms with Gasteiger partial charge in [-0.3, -0.25) is 0 Å². The van der Waals surface area contributed by atoms with Crippen LogP contribution in [0.3, 0.4) is 0 Å². The first-order valence-corrected chi connectivity index (χ1v) is 5.28. The zero-order valence-electron chi connectivity index (χ0n) is 8.72. The van der Waals surface area contributed by atoms with Gasteiger partial charge in [0.1, 0.15) is 5.56 Å². The van der Waals surface area contributed by atoms with Gasteiger partial charge in [-0.1, -0.05) is 13.8 Å². The zero-order chi connectivity index (χ0) is 9.52. The fourth-order valence-corrected chi connectivity index (χ4v) is 1.69. The van der Waals surface area contributed by atoms with Gasteiger partial charge >= 0.3 is 0 Å². The summed E-state index contributed by atoms with van der Waals surface area (Å²) >= 11 is 0. The van der Waals surface area contributed by atoms with Crippen LogP contribution in [-0.4, -0.2) is 0 Å². The van der Waals surface area contributed by atoms with Crippen LogP contribution in [0.1, 0.15) is 45.1 Å². The molecular formula is C13H19+. The Balaban J connectivity index is 2.64. The SMILES string of the molecule is CCC[C+](CCC)c1ccccc1. The van der Waals surface area contributed by atoms with Gasteiger partial charge < -0.3 is 0 Å². The topological polar surface area (TPSA) is 0 Å². The van der Waals surface area contributed by atoms with Crippen LogP contribution in [-0.2, 0) is 0 Å². The molecule has 0 saturated carbocycles. The molecule has 0 aromatic heterocycles. The molecule has 0 radical (unpaired) electrons. The van der Waals surface area contributed by atoms with Crippen LogP contribution in [0.25, 0.3) is 0 Å². The monoisotopic (exact) mass is 175 g/mol. The van der Waals surface area contributed by atoms with E-state index in [-0.39, 0.29) is 0 Å². The molecule has 0 nitrogen and oxygen atoms in total. The first kappa shape index (κ1) is 10.2. The molecule has 0 saturated heterocycles.